The number of likely N-dealkylation sites (N-methyl/N-ethyl adjacent to an activating group) is 1. The van der Waals surface area contributed by atoms with Gasteiger partial charge in [-0.15, -0.1) is 0 Å². The van der Waals surface area contributed by atoms with Crippen molar-refractivity contribution in [2.45, 2.75) is 38.6 Å². The second kappa shape index (κ2) is 8.92. The highest BCUT2D eigenvalue weighted by atomic mass is 16.6. The van der Waals surface area contributed by atoms with Crippen LogP contribution in [-0.4, -0.2) is 66.2 Å². The Labute approximate surface area is 156 Å². The lowest BCUT2D eigenvalue weighted by Crippen LogP contribution is -2.40. The number of nitrogens with one attached hydrogen (secondary N) is 1. The summed E-state index contributed by atoms with van der Waals surface area (Å²) >= 11 is 0. The number of amides is 2. The second-order valence-corrected chi connectivity index (χ2v) is 7.39. The number of nitrogens with zero attached hydrogens (tertiary/aromatic N) is 2. The van der Waals surface area contributed by atoms with Crippen LogP contribution in [-0.2, 0) is 23.9 Å². The highest BCUT2D eigenvalue weighted by molar-refractivity contribution is 5.89. The third-order valence-corrected chi connectivity index (χ3v) is 5.04. The molecule has 0 bridgehead atoms. The summed E-state index contributed by atoms with van der Waals surface area (Å²) in [5.41, 5.74) is 0. The summed E-state index contributed by atoms with van der Waals surface area (Å²) in [5.74, 6) is -3.18. The Morgan fingerprint density at radius 1 is 1.33 bits per heavy atom. The second-order valence-electron chi connectivity index (χ2n) is 7.39. The number of hydrogen-bond donors (Lipinski definition) is 1. The van der Waals surface area contributed by atoms with Gasteiger partial charge in [-0.2, -0.15) is 0 Å². The van der Waals surface area contributed by atoms with Gasteiger partial charge < -0.3 is 15.0 Å². The summed E-state index contributed by atoms with van der Waals surface area (Å²) in [6.45, 7) is 0.712. The molecule has 1 N–H and O–H groups in total. The maximum atomic E-state index is 12.0. The van der Waals surface area contributed by atoms with Crippen LogP contribution in [0.4, 0.5) is 0 Å². The summed E-state index contributed by atoms with van der Waals surface area (Å²) in [5, 5.41) is 13.5. The molecule has 10 heteroatoms. The number of hydrogen-bond acceptors (Lipinski definition) is 7. The van der Waals surface area contributed by atoms with Gasteiger partial charge in [0.25, 0.3) is 5.91 Å². The van der Waals surface area contributed by atoms with Gasteiger partial charge in [0, 0.05) is 36.3 Å². The fourth-order valence-electron chi connectivity index (χ4n) is 3.30. The highest BCUT2D eigenvalue weighted by Crippen LogP contribution is 2.36. The Morgan fingerprint density at radius 2 is 2.00 bits per heavy atom. The summed E-state index contributed by atoms with van der Waals surface area (Å²) in [6.07, 6.45) is 1.81. The molecule has 0 radical (unpaired) electrons. The number of Topliss-reactive ketones (excluding diaryl/α,β-unsaturated/α-hetero) is 1. The van der Waals surface area contributed by atoms with E-state index in [2.05, 4.69) is 5.32 Å². The molecular weight excluding hydrogens is 358 g/mol. The van der Waals surface area contributed by atoms with Gasteiger partial charge in [-0.05, 0) is 18.8 Å². The van der Waals surface area contributed by atoms with Crippen LogP contribution in [0.5, 0.6) is 0 Å². The molecule has 2 rings (SSSR count). The quantitative estimate of drug-likeness (QED) is 0.330. The highest BCUT2D eigenvalue weighted by Gasteiger charge is 2.44. The normalized spacial score (nSPS) is 24.4. The molecule has 2 fully saturated rings. The molecule has 2 aliphatic rings. The number of carbonyl (C=O) groups excluding carboxylic acids is 4. The van der Waals surface area contributed by atoms with E-state index in [9.17, 15) is 29.3 Å². The van der Waals surface area contributed by atoms with Gasteiger partial charge in [0.15, 0.2) is 6.61 Å². The van der Waals surface area contributed by atoms with Crippen LogP contribution in [0.2, 0.25) is 0 Å². The van der Waals surface area contributed by atoms with Gasteiger partial charge in [-0.25, -0.2) is 0 Å². The molecule has 10 nitrogen and oxygen atoms in total. The minimum atomic E-state index is -0.755. The fourth-order valence-corrected chi connectivity index (χ4v) is 3.30. The molecule has 0 heterocycles. The Bertz CT molecular complexity index is 632. The lowest BCUT2D eigenvalue weighted by molar-refractivity contribution is -0.490. The molecule has 150 valence electrons. The van der Waals surface area contributed by atoms with Gasteiger partial charge in [0.05, 0.1) is 13.0 Å². The van der Waals surface area contributed by atoms with E-state index < -0.39 is 35.2 Å². The summed E-state index contributed by atoms with van der Waals surface area (Å²) in [4.78, 5) is 59.1. The fraction of sp³-hybridized carbons (Fsp3) is 0.765. The van der Waals surface area contributed by atoms with Crippen molar-refractivity contribution in [1.82, 2.24) is 10.2 Å². The van der Waals surface area contributed by atoms with Crippen molar-refractivity contribution in [1.29, 1.82) is 0 Å². The van der Waals surface area contributed by atoms with E-state index in [-0.39, 0.29) is 49.6 Å². The van der Waals surface area contributed by atoms with E-state index in [1.54, 1.807) is 6.92 Å². The Balaban J connectivity index is 1.76. The van der Waals surface area contributed by atoms with Crippen LogP contribution in [0.1, 0.15) is 32.6 Å². The van der Waals surface area contributed by atoms with E-state index in [1.807, 2.05) is 0 Å². The van der Waals surface area contributed by atoms with E-state index in [4.69, 9.17) is 4.74 Å². The molecule has 2 amide bonds. The Hall–Kier alpha value is -2.52. The molecular formula is C17H25N3O7. The molecule has 0 aromatic heterocycles. The van der Waals surface area contributed by atoms with Gasteiger partial charge >= 0.3 is 5.97 Å². The first-order chi connectivity index (χ1) is 12.7. The third kappa shape index (κ3) is 6.30. The Morgan fingerprint density at radius 3 is 2.59 bits per heavy atom. The van der Waals surface area contributed by atoms with Crippen molar-refractivity contribution < 1.29 is 28.8 Å². The van der Waals surface area contributed by atoms with Crippen LogP contribution in [0, 0.1) is 27.9 Å². The van der Waals surface area contributed by atoms with Crippen molar-refractivity contribution in [3.05, 3.63) is 10.1 Å². The number of carbonyl (C=O) groups is 4. The van der Waals surface area contributed by atoms with Gasteiger partial charge in [-0.1, -0.05) is 6.92 Å². The van der Waals surface area contributed by atoms with E-state index >= 15 is 0 Å². The lowest BCUT2D eigenvalue weighted by Gasteiger charge is -2.18. The van der Waals surface area contributed by atoms with Crippen molar-refractivity contribution >= 4 is 23.6 Å². The smallest absolute Gasteiger partial charge is 0.307 e. The van der Waals surface area contributed by atoms with Crippen LogP contribution in [0.3, 0.4) is 0 Å². The largest absolute Gasteiger partial charge is 0.456 e. The van der Waals surface area contributed by atoms with Crippen molar-refractivity contribution in [3.8, 4) is 0 Å². The standard InChI is InChI=1S/C17H25N3O7/c1-10-5-14(21)12(13(10)7-20(25)26)6-17(24)27-9-16(23)19(2)8-15(22)18-11-3-4-11/h10-13H,3-9H2,1-2H3,(H,18,22)/t10-,12+,13+/m0/s1. The first-order valence-electron chi connectivity index (χ1n) is 9.00. The number of esters is 1. The first kappa shape index (κ1) is 20.8. The zero-order valence-electron chi connectivity index (χ0n) is 15.5. The van der Waals surface area contributed by atoms with Crippen LogP contribution >= 0.6 is 0 Å². The zero-order valence-corrected chi connectivity index (χ0v) is 15.5. The molecule has 3 atom stereocenters. The summed E-state index contributed by atoms with van der Waals surface area (Å²) in [6, 6.07) is 0.192. The molecule has 0 aromatic carbocycles. The number of ketones is 1. The van der Waals surface area contributed by atoms with Gasteiger partial charge in [0.2, 0.25) is 12.5 Å². The lowest BCUT2D eigenvalue weighted by atomic mass is 9.88. The molecule has 0 aliphatic heterocycles. The maximum absolute atomic E-state index is 12.0. The van der Waals surface area contributed by atoms with Crippen molar-refractivity contribution in [2.24, 2.45) is 17.8 Å². The SMILES string of the molecule is C[C@H]1CC(=O)[C@H](CC(=O)OCC(=O)N(C)CC(=O)NC2CC2)[C@@H]1C[N+](=O)[O-]. The predicted octanol–water partition coefficient (Wildman–Crippen LogP) is -0.225. The maximum Gasteiger partial charge on any atom is 0.307 e. The van der Waals surface area contributed by atoms with E-state index in [0.717, 1.165) is 17.7 Å². The van der Waals surface area contributed by atoms with Crippen molar-refractivity contribution in [3.63, 3.8) is 0 Å². The molecule has 2 saturated carbocycles. The van der Waals surface area contributed by atoms with E-state index in [0.29, 0.717) is 0 Å². The third-order valence-electron chi connectivity index (χ3n) is 5.04. The van der Waals surface area contributed by atoms with Crippen molar-refractivity contribution in [2.75, 3.05) is 26.7 Å². The van der Waals surface area contributed by atoms with Gasteiger partial charge in [-0.3, -0.25) is 29.3 Å². The average molecular weight is 383 g/mol. The molecule has 2 aliphatic carbocycles. The minimum Gasteiger partial charge on any atom is -0.456 e. The topological polar surface area (TPSA) is 136 Å². The molecule has 0 saturated heterocycles. The summed E-state index contributed by atoms with van der Waals surface area (Å²) in [7, 11) is 1.43. The first-order valence-corrected chi connectivity index (χ1v) is 9.00. The van der Waals surface area contributed by atoms with Gasteiger partial charge in [0.1, 0.15) is 5.78 Å². The van der Waals surface area contributed by atoms with Crippen LogP contribution < -0.4 is 5.32 Å². The number of nitro groups is 1. The Kier molecular flexibility index (Phi) is 6.86. The number of ether oxygens (including phenoxy) is 1. The average Bonchev–Trinajstić information content (AvgIpc) is 3.34. The molecule has 0 unspecified atom stereocenters. The molecule has 27 heavy (non-hydrogen) atoms. The minimum absolute atomic E-state index is 0.129. The molecule has 0 spiro atoms. The van der Waals surface area contributed by atoms with Crippen LogP contribution in [0.25, 0.3) is 0 Å². The predicted molar refractivity (Wildman–Crippen MR) is 92.0 cm³/mol. The van der Waals surface area contributed by atoms with Crippen LogP contribution in [0.15, 0.2) is 0 Å². The van der Waals surface area contributed by atoms with E-state index in [1.165, 1.54) is 7.05 Å². The summed E-state index contributed by atoms with van der Waals surface area (Å²) < 4.78 is 4.91. The zero-order chi connectivity index (χ0) is 20.1. The number of rotatable bonds is 9. The monoisotopic (exact) mass is 383 g/mol. The molecule has 0 aromatic rings.